The van der Waals surface area contributed by atoms with E-state index in [-0.39, 0.29) is 15.9 Å². The summed E-state index contributed by atoms with van der Waals surface area (Å²) < 4.78 is 0. The van der Waals surface area contributed by atoms with Gasteiger partial charge in [-0.1, -0.05) is 103 Å². The van der Waals surface area contributed by atoms with Crippen LogP contribution in [-0.4, -0.2) is 18.1 Å². The van der Waals surface area contributed by atoms with Gasteiger partial charge in [0.15, 0.2) is 0 Å². The molecule has 0 aliphatic carbocycles. The number of benzene rings is 2. The van der Waals surface area contributed by atoms with Crippen LogP contribution in [0.2, 0.25) is 5.02 Å². The minimum absolute atomic E-state index is 0.106. The number of para-hydroxylation sites is 2. The molecule has 1 fully saturated rings. The summed E-state index contributed by atoms with van der Waals surface area (Å²) in [7, 11) is 9.63. The number of halogens is 3. The third-order valence-electron chi connectivity index (χ3n) is 6.64. The second-order valence-electron chi connectivity index (χ2n) is 10.8. The van der Waals surface area contributed by atoms with E-state index in [2.05, 4.69) is 113 Å². The van der Waals surface area contributed by atoms with Crippen molar-refractivity contribution in [3.05, 3.63) is 94.9 Å². The van der Waals surface area contributed by atoms with Gasteiger partial charge in [-0.05, 0) is 58.1 Å². The zero-order valence-electron chi connectivity index (χ0n) is 24.3. The van der Waals surface area contributed by atoms with Crippen LogP contribution in [0.4, 0.5) is 11.4 Å². The van der Waals surface area contributed by atoms with Crippen molar-refractivity contribution in [2.75, 3.05) is 22.9 Å². The fourth-order valence-electron chi connectivity index (χ4n) is 4.76. The standard InChI is InChI=1S/C27H38N2.C5H4ClN.2ClH.Pd/c1-18(2)22-11-9-12-23(19(3)4)26(22)28-15-16-29(17-28)27-24(20(5)6)13-10-14-25(27)21(7)8;6-5-2-1-3-7-4-5;;;/h9-14,18-21H,15-16H2,1-8H3;1-4H;2*1H;/q;;;;+2/p-2. The average molecular weight is 681 g/mol. The van der Waals surface area contributed by atoms with Crippen LogP contribution in [0.15, 0.2) is 60.9 Å². The molecular formula is C32H42Cl3N3Pd. The van der Waals surface area contributed by atoms with Crippen LogP contribution in [0.1, 0.15) is 101 Å². The molecule has 1 aliphatic heterocycles. The molecule has 0 atom stereocenters. The molecule has 0 bridgehead atoms. The molecule has 0 saturated carbocycles. The molecule has 7 heteroatoms. The summed E-state index contributed by atoms with van der Waals surface area (Å²) in [5.74, 6) is 1.98. The summed E-state index contributed by atoms with van der Waals surface area (Å²) in [5, 5.41) is 0.683. The van der Waals surface area contributed by atoms with E-state index < -0.39 is 0 Å². The molecule has 0 N–H and O–H groups in total. The first-order valence-electron chi connectivity index (χ1n) is 13.5. The Balaban J connectivity index is 0.000000450. The molecule has 216 valence electrons. The summed E-state index contributed by atoms with van der Waals surface area (Å²) in [6.45, 7) is 24.1. The number of anilines is 2. The Hall–Kier alpha value is -1.28. The zero-order valence-corrected chi connectivity index (χ0v) is 28.1. The van der Waals surface area contributed by atoms with Crippen molar-refractivity contribution in [3.8, 4) is 0 Å². The van der Waals surface area contributed by atoms with Crippen LogP contribution in [0.3, 0.4) is 0 Å². The maximum absolute atomic E-state index is 5.48. The number of rotatable bonds is 6. The van der Waals surface area contributed by atoms with Crippen molar-refractivity contribution in [1.29, 1.82) is 0 Å². The van der Waals surface area contributed by atoms with E-state index in [1.165, 1.54) is 33.6 Å². The van der Waals surface area contributed by atoms with Gasteiger partial charge in [0, 0.05) is 36.9 Å². The van der Waals surface area contributed by atoms with Crippen LogP contribution in [0, 0.1) is 6.67 Å². The van der Waals surface area contributed by atoms with Crippen LogP contribution in [0.25, 0.3) is 0 Å². The van der Waals surface area contributed by atoms with Crippen molar-refractivity contribution in [1.82, 2.24) is 4.98 Å². The van der Waals surface area contributed by atoms with Crippen molar-refractivity contribution >= 4 is 42.0 Å². The van der Waals surface area contributed by atoms with Gasteiger partial charge < -0.3 is 9.80 Å². The molecule has 1 aromatic heterocycles. The molecule has 2 aromatic carbocycles. The van der Waals surface area contributed by atoms with E-state index in [4.69, 9.17) is 30.7 Å². The molecule has 1 aliphatic rings. The number of hydrogen-bond donors (Lipinski definition) is 0. The predicted octanol–water partition coefficient (Wildman–Crippen LogP) is 10.6. The minimum atomic E-state index is -0.106. The topological polar surface area (TPSA) is 19.4 Å². The van der Waals surface area contributed by atoms with Gasteiger partial charge in [0.05, 0.1) is 5.02 Å². The molecule has 4 rings (SSSR count). The van der Waals surface area contributed by atoms with Crippen LogP contribution < -0.4 is 9.80 Å². The van der Waals surface area contributed by atoms with Crippen molar-refractivity contribution in [2.24, 2.45) is 0 Å². The van der Waals surface area contributed by atoms with Crippen LogP contribution in [0.5, 0.6) is 0 Å². The quantitative estimate of drug-likeness (QED) is 0.242. The van der Waals surface area contributed by atoms with E-state index in [9.17, 15) is 0 Å². The van der Waals surface area contributed by atoms with Gasteiger partial charge in [0.2, 0.25) is 6.67 Å². The molecule has 3 aromatic rings. The second kappa shape index (κ2) is 16.9. The molecule has 0 spiro atoms. The second-order valence-corrected chi connectivity index (χ2v) is 13.6. The SMILES string of the molecule is CC(C)c1cccc(C(C)C)c1N1[C]N(c2c(C(C)C)cccc2C(C)C)CC1.Clc1cccnc1.[Cl][Pd][Cl]. The molecule has 1 saturated heterocycles. The Bertz CT molecular complexity index is 1010. The fourth-order valence-corrected chi connectivity index (χ4v) is 4.89. The van der Waals surface area contributed by atoms with Gasteiger partial charge in [-0.2, -0.15) is 0 Å². The molecule has 39 heavy (non-hydrogen) atoms. The summed E-state index contributed by atoms with van der Waals surface area (Å²) in [5.41, 5.74) is 8.43. The molecule has 3 nitrogen and oxygen atoms in total. The van der Waals surface area contributed by atoms with Gasteiger partial charge in [0.25, 0.3) is 0 Å². The molecular weight excluding hydrogens is 639 g/mol. The molecule has 0 unspecified atom stereocenters. The van der Waals surface area contributed by atoms with Crippen LogP contribution >= 0.6 is 30.7 Å². The normalized spacial score (nSPS) is 13.2. The average Bonchev–Trinajstić information content (AvgIpc) is 3.38. The predicted molar refractivity (Wildman–Crippen MR) is 168 cm³/mol. The Kier molecular flexibility index (Phi) is 14.7. The number of pyridine rings is 1. The zero-order chi connectivity index (χ0) is 29.1. The van der Waals surface area contributed by atoms with Crippen molar-refractivity contribution in [3.63, 3.8) is 0 Å². The summed E-state index contributed by atoms with van der Waals surface area (Å²) in [4.78, 5) is 8.51. The summed E-state index contributed by atoms with van der Waals surface area (Å²) in [6.07, 6.45) is 3.29. The summed E-state index contributed by atoms with van der Waals surface area (Å²) in [6, 6.07) is 17.2. The first kappa shape index (κ1) is 33.9. The van der Waals surface area contributed by atoms with Crippen molar-refractivity contribution in [2.45, 2.75) is 79.1 Å². The monoisotopic (exact) mass is 679 g/mol. The Morgan fingerprint density at radius 3 is 1.26 bits per heavy atom. The van der Waals surface area contributed by atoms with Gasteiger partial charge >= 0.3 is 35.0 Å². The van der Waals surface area contributed by atoms with E-state index in [0.717, 1.165) is 13.1 Å². The number of hydrogen-bond acceptors (Lipinski definition) is 3. The first-order chi connectivity index (χ1) is 18.5. The molecule has 2 radical (unpaired) electrons. The third-order valence-corrected chi connectivity index (χ3v) is 6.86. The Morgan fingerprint density at radius 1 is 0.667 bits per heavy atom. The van der Waals surface area contributed by atoms with Gasteiger partial charge in [-0.15, -0.1) is 0 Å². The number of nitrogens with zero attached hydrogens (tertiary/aromatic N) is 3. The molecule has 0 amide bonds. The summed E-state index contributed by atoms with van der Waals surface area (Å²) >= 11 is 5.37. The maximum atomic E-state index is 5.48. The first-order valence-corrected chi connectivity index (χ1v) is 17.9. The van der Waals surface area contributed by atoms with Gasteiger partial charge in [-0.25, -0.2) is 0 Å². The van der Waals surface area contributed by atoms with Gasteiger partial charge in [0.1, 0.15) is 0 Å². The van der Waals surface area contributed by atoms with E-state index in [0.29, 0.717) is 28.7 Å². The van der Waals surface area contributed by atoms with E-state index in [1.54, 1.807) is 24.5 Å². The van der Waals surface area contributed by atoms with Crippen molar-refractivity contribution < 1.29 is 15.9 Å². The van der Waals surface area contributed by atoms with Crippen LogP contribution in [-0.2, 0) is 15.9 Å². The van der Waals surface area contributed by atoms with E-state index in [1.807, 2.05) is 0 Å². The fraction of sp³-hybridized carbons (Fsp3) is 0.438. The Morgan fingerprint density at radius 2 is 1.03 bits per heavy atom. The van der Waals surface area contributed by atoms with Gasteiger partial charge in [-0.3, -0.25) is 4.98 Å². The molecule has 2 heterocycles. The third kappa shape index (κ3) is 9.65. The Labute approximate surface area is 258 Å². The number of aromatic nitrogens is 1. The van der Waals surface area contributed by atoms with E-state index >= 15 is 0 Å².